The predicted octanol–water partition coefficient (Wildman–Crippen LogP) is 4.43. The number of carbonyl (C=O) groups excluding carboxylic acids is 1. The summed E-state index contributed by atoms with van der Waals surface area (Å²) in [6.45, 7) is 4.64. The third-order valence-corrected chi connectivity index (χ3v) is 4.89. The van der Waals surface area contributed by atoms with Gasteiger partial charge in [0.1, 0.15) is 12.4 Å². The Morgan fingerprint density at radius 3 is 2.52 bits per heavy atom. The van der Waals surface area contributed by atoms with Gasteiger partial charge in [-0.1, -0.05) is 18.2 Å². The molecule has 0 radical (unpaired) electrons. The van der Waals surface area contributed by atoms with E-state index in [0.717, 1.165) is 27.2 Å². The van der Waals surface area contributed by atoms with Gasteiger partial charge in [0.2, 0.25) is 0 Å². The number of hydrogen-bond donors (Lipinski definition) is 0. The van der Waals surface area contributed by atoms with Crippen LogP contribution < -0.4 is 0 Å². The number of carbonyl (C=O) groups is 1. The highest BCUT2D eigenvalue weighted by molar-refractivity contribution is 5.95. The molecule has 0 unspecified atom stereocenters. The third-order valence-electron chi connectivity index (χ3n) is 4.89. The monoisotopic (exact) mass is 404 g/mol. The molecule has 0 spiro atoms. The fourth-order valence-electron chi connectivity index (χ4n) is 3.48. The van der Waals surface area contributed by atoms with Gasteiger partial charge in [-0.05, 0) is 38.5 Å². The van der Waals surface area contributed by atoms with E-state index in [4.69, 9.17) is 0 Å². The number of benzene rings is 1. The number of para-hydroxylation sites is 1. The number of hydrogen-bond acceptors (Lipinski definition) is 2. The number of amides is 1. The highest BCUT2D eigenvalue weighted by Crippen LogP contribution is 2.24. The zero-order chi connectivity index (χ0) is 21.3. The van der Waals surface area contributed by atoms with E-state index in [1.807, 2.05) is 55.7 Å². The second-order valence-corrected chi connectivity index (χ2v) is 7.15. The molecule has 0 atom stereocenters. The number of alkyl halides is 3. The maximum Gasteiger partial charge on any atom is 0.406 e. The van der Waals surface area contributed by atoms with Crippen LogP contribution in [0.2, 0.25) is 0 Å². The standard InChI is InChI=1S/C21H23F3N4O/c1-14-7-5-6-8-18(14)28-15(2)11-17(16(28)3)20(29)26(4)12-19-25-9-10-27(19)13-21(22,23)24/h5-11H,12-13H2,1-4H3. The van der Waals surface area contributed by atoms with Crippen LogP contribution in [-0.4, -0.2) is 38.1 Å². The molecule has 154 valence electrons. The van der Waals surface area contributed by atoms with Crippen LogP contribution in [0.15, 0.2) is 42.7 Å². The first-order valence-corrected chi connectivity index (χ1v) is 9.15. The molecule has 2 heterocycles. The van der Waals surface area contributed by atoms with Crippen molar-refractivity contribution in [3.05, 3.63) is 71.1 Å². The third kappa shape index (κ3) is 4.36. The first-order valence-electron chi connectivity index (χ1n) is 9.15. The lowest BCUT2D eigenvalue weighted by Crippen LogP contribution is -2.29. The Morgan fingerprint density at radius 1 is 1.17 bits per heavy atom. The maximum absolute atomic E-state index is 13.0. The molecule has 0 aliphatic rings. The molecule has 0 bridgehead atoms. The second-order valence-electron chi connectivity index (χ2n) is 7.15. The molecular weight excluding hydrogens is 381 g/mol. The summed E-state index contributed by atoms with van der Waals surface area (Å²) in [5, 5.41) is 0. The molecular formula is C21H23F3N4O. The van der Waals surface area contributed by atoms with Crippen molar-refractivity contribution in [3.8, 4) is 5.69 Å². The van der Waals surface area contributed by atoms with E-state index in [9.17, 15) is 18.0 Å². The Bertz CT molecular complexity index is 1030. The van der Waals surface area contributed by atoms with Crippen LogP contribution in [0.25, 0.3) is 5.69 Å². The first kappa shape index (κ1) is 20.7. The molecule has 3 aromatic rings. The van der Waals surface area contributed by atoms with E-state index in [2.05, 4.69) is 4.98 Å². The zero-order valence-electron chi connectivity index (χ0n) is 16.8. The molecule has 0 saturated heterocycles. The van der Waals surface area contributed by atoms with Crippen LogP contribution in [-0.2, 0) is 13.1 Å². The van der Waals surface area contributed by atoms with Crippen LogP contribution in [0.1, 0.15) is 33.1 Å². The van der Waals surface area contributed by atoms with Crippen molar-refractivity contribution < 1.29 is 18.0 Å². The smallest absolute Gasteiger partial charge is 0.334 e. The van der Waals surface area contributed by atoms with Gasteiger partial charge >= 0.3 is 6.18 Å². The van der Waals surface area contributed by atoms with Crippen molar-refractivity contribution in [1.82, 2.24) is 19.0 Å². The summed E-state index contributed by atoms with van der Waals surface area (Å²) in [6.07, 6.45) is -1.77. The lowest BCUT2D eigenvalue weighted by molar-refractivity contribution is -0.141. The number of imidazole rings is 1. The number of nitrogens with zero attached hydrogens (tertiary/aromatic N) is 4. The van der Waals surface area contributed by atoms with E-state index in [1.165, 1.54) is 17.3 Å². The molecule has 8 heteroatoms. The number of rotatable bonds is 5. The summed E-state index contributed by atoms with van der Waals surface area (Å²) < 4.78 is 41.2. The van der Waals surface area contributed by atoms with Gasteiger partial charge in [-0.3, -0.25) is 4.79 Å². The molecule has 0 fully saturated rings. The molecule has 1 aromatic carbocycles. The van der Waals surface area contributed by atoms with E-state index >= 15 is 0 Å². The summed E-state index contributed by atoms with van der Waals surface area (Å²) >= 11 is 0. The summed E-state index contributed by atoms with van der Waals surface area (Å²) in [5.74, 6) is -0.0784. The molecule has 5 nitrogen and oxygen atoms in total. The second kappa shape index (κ2) is 7.77. The van der Waals surface area contributed by atoms with Crippen molar-refractivity contribution >= 4 is 5.91 Å². The highest BCUT2D eigenvalue weighted by atomic mass is 19.4. The van der Waals surface area contributed by atoms with Gasteiger partial charge in [0.05, 0.1) is 12.1 Å². The van der Waals surface area contributed by atoms with Gasteiger partial charge in [-0.25, -0.2) is 4.98 Å². The van der Waals surface area contributed by atoms with E-state index in [1.54, 1.807) is 7.05 Å². The summed E-state index contributed by atoms with van der Waals surface area (Å²) in [7, 11) is 1.56. The molecule has 0 aliphatic heterocycles. The minimum absolute atomic E-state index is 0.0179. The van der Waals surface area contributed by atoms with Gasteiger partial charge in [0.15, 0.2) is 0 Å². The van der Waals surface area contributed by atoms with Crippen LogP contribution in [0.3, 0.4) is 0 Å². The quantitative estimate of drug-likeness (QED) is 0.631. The van der Waals surface area contributed by atoms with E-state index in [-0.39, 0.29) is 18.3 Å². The van der Waals surface area contributed by atoms with Crippen LogP contribution in [0, 0.1) is 20.8 Å². The first-order chi connectivity index (χ1) is 13.6. The number of aromatic nitrogens is 3. The minimum atomic E-state index is -4.35. The van der Waals surface area contributed by atoms with Gasteiger partial charge in [-0.2, -0.15) is 13.2 Å². The van der Waals surface area contributed by atoms with Crippen LogP contribution in [0.5, 0.6) is 0 Å². The van der Waals surface area contributed by atoms with Gasteiger partial charge in [-0.15, -0.1) is 0 Å². The number of halogens is 3. The Labute approximate surface area is 167 Å². The Hall–Kier alpha value is -3.03. The Kier molecular flexibility index (Phi) is 5.55. The lowest BCUT2D eigenvalue weighted by Gasteiger charge is -2.19. The van der Waals surface area contributed by atoms with Gasteiger partial charge in [0, 0.05) is 36.5 Å². The van der Waals surface area contributed by atoms with Crippen LogP contribution in [0.4, 0.5) is 13.2 Å². The topological polar surface area (TPSA) is 43.1 Å². The average Bonchev–Trinajstić information content (AvgIpc) is 3.17. The van der Waals surface area contributed by atoms with Crippen molar-refractivity contribution in [3.63, 3.8) is 0 Å². The Balaban J connectivity index is 1.86. The molecule has 29 heavy (non-hydrogen) atoms. The summed E-state index contributed by atoms with van der Waals surface area (Å²) in [5.41, 5.74) is 4.28. The molecule has 0 saturated carbocycles. The van der Waals surface area contributed by atoms with Gasteiger partial charge < -0.3 is 14.0 Å². The van der Waals surface area contributed by atoms with Crippen molar-refractivity contribution in [2.45, 2.75) is 40.0 Å². The van der Waals surface area contributed by atoms with Gasteiger partial charge in [0.25, 0.3) is 5.91 Å². The maximum atomic E-state index is 13.0. The highest BCUT2D eigenvalue weighted by Gasteiger charge is 2.29. The predicted molar refractivity (Wildman–Crippen MR) is 104 cm³/mol. The lowest BCUT2D eigenvalue weighted by atomic mass is 10.2. The molecule has 3 rings (SSSR count). The SMILES string of the molecule is Cc1ccccc1-n1c(C)cc(C(=O)N(C)Cc2nccn2CC(F)(F)F)c1C. The average molecular weight is 404 g/mol. The Morgan fingerprint density at radius 2 is 1.86 bits per heavy atom. The minimum Gasteiger partial charge on any atom is -0.334 e. The summed E-state index contributed by atoms with van der Waals surface area (Å²) in [6, 6.07) is 9.69. The zero-order valence-corrected chi connectivity index (χ0v) is 16.8. The van der Waals surface area contributed by atoms with Crippen LogP contribution >= 0.6 is 0 Å². The molecule has 0 aliphatic carbocycles. The fraction of sp³-hybridized carbons (Fsp3) is 0.333. The van der Waals surface area contributed by atoms with Crippen molar-refractivity contribution in [1.29, 1.82) is 0 Å². The number of aryl methyl sites for hydroxylation is 2. The molecule has 1 amide bonds. The normalized spacial score (nSPS) is 11.7. The van der Waals surface area contributed by atoms with E-state index < -0.39 is 12.7 Å². The van der Waals surface area contributed by atoms with Crippen molar-refractivity contribution in [2.24, 2.45) is 0 Å². The molecule has 0 N–H and O–H groups in total. The molecule has 2 aromatic heterocycles. The van der Waals surface area contributed by atoms with Crippen molar-refractivity contribution in [2.75, 3.05) is 7.05 Å². The fourth-order valence-corrected chi connectivity index (χ4v) is 3.48. The largest absolute Gasteiger partial charge is 0.406 e. The summed E-state index contributed by atoms with van der Waals surface area (Å²) in [4.78, 5) is 18.4. The van der Waals surface area contributed by atoms with E-state index in [0.29, 0.717) is 5.56 Å².